The van der Waals surface area contributed by atoms with Crippen LogP contribution in [-0.4, -0.2) is 40.0 Å². The number of carbonyl (C=O) groups is 1. The third-order valence-corrected chi connectivity index (χ3v) is 5.52. The summed E-state index contributed by atoms with van der Waals surface area (Å²) in [5.41, 5.74) is 3.55. The molecule has 0 saturated carbocycles. The van der Waals surface area contributed by atoms with E-state index >= 15 is 0 Å². The van der Waals surface area contributed by atoms with E-state index < -0.39 is 0 Å². The first-order valence-corrected chi connectivity index (χ1v) is 9.98. The number of anilines is 1. The van der Waals surface area contributed by atoms with Gasteiger partial charge >= 0.3 is 0 Å². The van der Waals surface area contributed by atoms with Gasteiger partial charge in [0.2, 0.25) is 5.91 Å². The van der Waals surface area contributed by atoms with Crippen LogP contribution >= 0.6 is 0 Å². The van der Waals surface area contributed by atoms with Crippen molar-refractivity contribution in [1.29, 1.82) is 0 Å². The van der Waals surface area contributed by atoms with Crippen LogP contribution in [0.15, 0.2) is 24.5 Å². The molecule has 0 atom stereocenters. The first-order chi connectivity index (χ1) is 13.2. The van der Waals surface area contributed by atoms with E-state index in [4.69, 9.17) is 4.98 Å². The number of piperidine rings is 1. The van der Waals surface area contributed by atoms with Crippen LogP contribution in [0.3, 0.4) is 0 Å². The lowest BCUT2D eigenvalue weighted by Gasteiger charge is -2.35. The highest BCUT2D eigenvalue weighted by Gasteiger charge is 2.26. The second-order valence-electron chi connectivity index (χ2n) is 7.59. The van der Waals surface area contributed by atoms with Gasteiger partial charge < -0.3 is 10.2 Å². The molecule has 1 saturated heterocycles. The number of nitrogens with one attached hydrogen (secondary N) is 1. The van der Waals surface area contributed by atoms with E-state index in [0.29, 0.717) is 6.42 Å². The number of pyridine rings is 1. The van der Waals surface area contributed by atoms with Crippen molar-refractivity contribution in [1.82, 2.24) is 20.3 Å². The van der Waals surface area contributed by atoms with E-state index in [1.165, 1.54) is 24.1 Å². The van der Waals surface area contributed by atoms with Crippen molar-refractivity contribution in [2.75, 3.05) is 18.0 Å². The minimum atomic E-state index is 0.0803. The molecule has 0 aromatic carbocycles. The molecule has 142 valence electrons. The maximum atomic E-state index is 12.3. The van der Waals surface area contributed by atoms with Crippen molar-refractivity contribution >= 4 is 11.7 Å². The number of fused-ring (bicyclic) bond motifs is 1. The summed E-state index contributed by atoms with van der Waals surface area (Å²) in [7, 11) is 0. The Bertz CT molecular complexity index is 800. The van der Waals surface area contributed by atoms with Crippen molar-refractivity contribution in [2.45, 2.75) is 57.9 Å². The van der Waals surface area contributed by atoms with Crippen LogP contribution in [0.2, 0.25) is 0 Å². The monoisotopic (exact) mass is 365 g/mol. The fourth-order valence-electron chi connectivity index (χ4n) is 4.16. The van der Waals surface area contributed by atoms with Crippen LogP contribution in [0.25, 0.3) is 0 Å². The van der Waals surface area contributed by atoms with Crippen molar-refractivity contribution < 1.29 is 4.79 Å². The van der Waals surface area contributed by atoms with Crippen LogP contribution < -0.4 is 10.2 Å². The van der Waals surface area contributed by atoms with E-state index in [1.807, 2.05) is 19.1 Å². The molecule has 0 bridgehead atoms. The van der Waals surface area contributed by atoms with Crippen molar-refractivity contribution in [3.05, 3.63) is 47.2 Å². The highest BCUT2D eigenvalue weighted by molar-refractivity contribution is 5.78. The quantitative estimate of drug-likeness (QED) is 0.901. The number of nitrogens with zero attached hydrogens (tertiary/aromatic N) is 4. The van der Waals surface area contributed by atoms with Gasteiger partial charge in [-0.2, -0.15) is 0 Å². The lowest BCUT2D eigenvalue weighted by atomic mass is 9.95. The molecule has 2 aromatic heterocycles. The number of carbonyl (C=O) groups excluding carboxylic acids is 1. The zero-order chi connectivity index (χ0) is 18.6. The van der Waals surface area contributed by atoms with E-state index in [0.717, 1.165) is 56.0 Å². The molecule has 27 heavy (non-hydrogen) atoms. The average Bonchev–Trinajstić information content (AvgIpc) is 2.68. The number of aryl methyl sites for hydroxylation is 2. The lowest BCUT2D eigenvalue weighted by molar-refractivity contribution is -0.121. The zero-order valence-corrected chi connectivity index (χ0v) is 15.9. The van der Waals surface area contributed by atoms with Crippen LogP contribution in [0.4, 0.5) is 5.82 Å². The summed E-state index contributed by atoms with van der Waals surface area (Å²) in [6.07, 6.45) is 10.4. The second-order valence-corrected chi connectivity index (χ2v) is 7.59. The predicted molar refractivity (Wildman–Crippen MR) is 105 cm³/mol. The molecular weight excluding hydrogens is 338 g/mol. The van der Waals surface area contributed by atoms with Gasteiger partial charge in [0.15, 0.2) is 0 Å². The topological polar surface area (TPSA) is 71.0 Å². The van der Waals surface area contributed by atoms with Gasteiger partial charge in [-0.15, -0.1) is 0 Å². The van der Waals surface area contributed by atoms with E-state index in [9.17, 15) is 4.79 Å². The third-order valence-electron chi connectivity index (χ3n) is 5.52. The molecule has 4 rings (SSSR count). The minimum Gasteiger partial charge on any atom is -0.356 e. The minimum absolute atomic E-state index is 0.0803. The maximum absolute atomic E-state index is 12.3. The largest absolute Gasteiger partial charge is 0.356 e. The average molecular weight is 365 g/mol. The van der Waals surface area contributed by atoms with Gasteiger partial charge in [-0.1, -0.05) is 6.07 Å². The Morgan fingerprint density at radius 1 is 1.22 bits per heavy atom. The Morgan fingerprint density at radius 2 is 2.04 bits per heavy atom. The standard InChI is InChI=1S/C21H27N5O/c1-15-23-19-7-3-2-6-18(19)21(24-15)26-11-8-17(9-12-26)25-20(27)13-16-5-4-10-22-14-16/h4-5,10,14,17H,2-3,6-9,11-13H2,1H3,(H,25,27). The van der Waals surface area contributed by atoms with Crippen molar-refractivity contribution in [3.63, 3.8) is 0 Å². The summed E-state index contributed by atoms with van der Waals surface area (Å²) in [4.78, 5) is 28.2. The molecule has 1 N–H and O–H groups in total. The first kappa shape index (κ1) is 17.9. The molecule has 1 aliphatic heterocycles. The maximum Gasteiger partial charge on any atom is 0.224 e. The lowest BCUT2D eigenvalue weighted by Crippen LogP contribution is -2.45. The van der Waals surface area contributed by atoms with Gasteiger partial charge in [0.1, 0.15) is 11.6 Å². The Kier molecular flexibility index (Phi) is 5.32. The molecule has 6 heteroatoms. The predicted octanol–water partition coefficient (Wildman–Crippen LogP) is 2.39. The second kappa shape index (κ2) is 8.03. The Labute approximate surface area is 160 Å². The summed E-state index contributed by atoms with van der Waals surface area (Å²) < 4.78 is 0. The van der Waals surface area contributed by atoms with Gasteiger partial charge in [0.25, 0.3) is 0 Å². The van der Waals surface area contributed by atoms with Crippen LogP contribution in [0.1, 0.15) is 48.3 Å². The van der Waals surface area contributed by atoms with E-state index in [-0.39, 0.29) is 11.9 Å². The number of hydrogen-bond donors (Lipinski definition) is 1. The number of hydrogen-bond acceptors (Lipinski definition) is 5. The highest BCUT2D eigenvalue weighted by Crippen LogP contribution is 2.29. The smallest absolute Gasteiger partial charge is 0.224 e. The Balaban J connectivity index is 1.35. The van der Waals surface area contributed by atoms with Crippen LogP contribution in [-0.2, 0) is 24.1 Å². The molecule has 1 amide bonds. The zero-order valence-electron chi connectivity index (χ0n) is 15.9. The van der Waals surface area contributed by atoms with Gasteiger partial charge in [-0.05, 0) is 57.1 Å². The molecule has 1 aliphatic carbocycles. The van der Waals surface area contributed by atoms with E-state index in [2.05, 4.69) is 20.2 Å². The summed E-state index contributed by atoms with van der Waals surface area (Å²) >= 11 is 0. The fourth-order valence-corrected chi connectivity index (χ4v) is 4.16. The number of aromatic nitrogens is 3. The molecule has 2 aliphatic rings. The van der Waals surface area contributed by atoms with Crippen LogP contribution in [0.5, 0.6) is 0 Å². The highest BCUT2D eigenvalue weighted by atomic mass is 16.1. The van der Waals surface area contributed by atoms with Crippen molar-refractivity contribution in [2.24, 2.45) is 0 Å². The van der Waals surface area contributed by atoms with Crippen LogP contribution in [0, 0.1) is 6.92 Å². The molecule has 3 heterocycles. The third kappa shape index (κ3) is 4.26. The number of rotatable bonds is 4. The Morgan fingerprint density at radius 3 is 2.81 bits per heavy atom. The summed E-state index contributed by atoms with van der Waals surface area (Å²) in [6, 6.07) is 4.05. The van der Waals surface area contributed by atoms with Gasteiger partial charge in [0, 0.05) is 42.8 Å². The summed E-state index contributed by atoms with van der Waals surface area (Å²) in [5.74, 6) is 2.09. The van der Waals surface area contributed by atoms with Gasteiger partial charge in [0.05, 0.1) is 6.42 Å². The molecule has 6 nitrogen and oxygen atoms in total. The molecule has 1 fully saturated rings. The molecular formula is C21H27N5O. The molecule has 2 aromatic rings. The molecule has 0 unspecified atom stereocenters. The summed E-state index contributed by atoms with van der Waals surface area (Å²) in [6.45, 7) is 3.85. The SMILES string of the molecule is Cc1nc2c(c(N3CCC(NC(=O)Cc4cccnc4)CC3)n1)CCCC2. The molecule has 0 radical (unpaired) electrons. The van der Waals surface area contributed by atoms with Gasteiger partial charge in [-0.3, -0.25) is 9.78 Å². The fraction of sp³-hybridized carbons (Fsp3) is 0.524. The first-order valence-electron chi connectivity index (χ1n) is 9.98. The van der Waals surface area contributed by atoms with E-state index in [1.54, 1.807) is 12.4 Å². The molecule has 0 spiro atoms. The van der Waals surface area contributed by atoms with Gasteiger partial charge in [-0.25, -0.2) is 9.97 Å². The summed E-state index contributed by atoms with van der Waals surface area (Å²) in [5, 5.41) is 3.19. The van der Waals surface area contributed by atoms with Crippen molar-refractivity contribution in [3.8, 4) is 0 Å². The number of amides is 1. The normalized spacial score (nSPS) is 17.4. The Hall–Kier alpha value is -2.50.